The molecule has 1 unspecified atom stereocenters. The van der Waals surface area contributed by atoms with Crippen molar-refractivity contribution in [2.45, 2.75) is 33.2 Å². The zero-order valence-electron chi connectivity index (χ0n) is 24.0. The molecule has 0 aliphatic carbocycles. The number of aryl methyl sites for hydroxylation is 2. The number of Topliss-reactive ketones (excluding diaryl/α,β-unsaturated/α-hetero) is 1. The van der Waals surface area contributed by atoms with Crippen LogP contribution in [0.5, 0.6) is 17.2 Å². The number of aliphatic hydroxyl groups is 1. The number of fused-ring (bicyclic) bond motifs is 1. The monoisotopic (exact) mass is 590 g/mol. The highest BCUT2D eigenvalue weighted by Gasteiger charge is 2.48. The summed E-state index contributed by atoms with van der Waals surface area (Å²) >= 11 is 1.34. The van der Waals surface area contributed by atoms with Crippen molar-refractivity contribution < 1.29 is 24.2 Å². The van der Waals surface area contributed by atoms with E-state index < -0.39 is 17.7 Å². The molecular weight excluding hydrogens is 560 g/mol. The highest BCUT2D eigenvalue weighted by molar-refractivity contribution is 7.22. The lowest BCUT2D eigenvalue weighted by molar-refractivity contribution is -0.132. The fourth-order valence-corrected chi connectivity index (χ4v) is 6.43. The van der Waals surface area contributed by atoms with Crippen LogP contribution >= 0.6 is 11.3 Å². The summed E-state index contributed by atoms with van der Waals surface area (Å²) in [5.74, 6) is 0.0305. The molecule has 1 N–H and O–H groups in total. The predicted molar refractivity (Wildman–Crippen MR) is 169 cm³/mol. The molecule has 1 aliphatic rings. The van der Waals surface area contributed by atoms with Crippen LogP contribution < -0.4 is 14.4 Å². The molecule has 7 nitrogen and oxygen atoms in total. The summed E-state index contributed by atoms with van der Waals surface area (Å²) in [5.41, 5.74) is 3.82. The molecule has 216 valence electrons. The van der Waals surface area contributed by atoms with Crippen molar-refractivity contribution in [3.63, 3.8) is 0 Å². The van der Waals surface area contributed by atoms with E-state index >= 15 is 0 Å². The van der Waals surface area contributed by atoms with Crippen molar-refractivity contribution in [1.29, 1.82) is 0 Å². The van der Waals surface area contributed by atoms with Crippen LogP contribution in [0.1, 0.15) is 41.6 Å². The molecule has 2 heterocycles. The van der Waals surface area contributed by atoms with E-state index in [4.69, 9.17) is 14.5 Å². The normalized spacial score (nSPS) is 16.2. The Morgan fingerprint density at radius 3 is 2.40 bits per heavy atom. The molecule has 5 aromatic rings. The van der Waals surface area contributed by atoms with Gasteiger partial charge in [0.25, 0.3) is 5.78 Å². The first-order valence-electron chi connectivity index (χ1n) is 14.1. The maximum atomic E-state index is 13.8. The van der Waals surface area contributed by atoms with Crippen LogP contribution in [-0.2, 0) is 9.59 Å². The van der Waals surface area contributed by atoms with Crippen LogP contribution in [0.4, 0.5) is 5.13 Å². The van der Waals surface area contributed by atoms with Crippen LogP contribution in [0.2, 0.25) is 0 Å². The van der Waals surface area contributed by atoms with E-state index in [0.29, 0.717) is 40.1 Å². The highest BCUT2D eigenvalue weighted by Crippen LogP contribution is 2.45. The van der Waals surface area contributed by atoms with Gasteiger partial charge in [0, 0.05) is 5.56 Å². The number of hydrogen-bond acceptors (Lipinski definition) is 7. The van der Waals surface area contributed by atoms with Gasteiger partial charge < -0.3 is 14.6 Å². The van der Waals surface area contributed by atoms with Gasteiger partial charge in [-0.25, -0.2) is 4.98 Å². The number of carbonyl (C=O) groups is 2. The average Bonchev–Trinajstić information content (AvgIpc) is 3.55. The molecule has 0 radical (unpaired) electrons. The number of aromatic nitrogens is 1. The Morgan fingerprint density at radius 2 is 1.65 bits per heavy atom. The lowest BCUT2D eigenvalue weighted by Gasteiger charge is -2.23. The maximum absolute atomic E-state index is 13.8. The molecule has 8 heteroatoms. The Hall–Kier alpha value is -4.95. The number of rotatable bonds is 8. The molecule has 1 atom stereocenters. The molecule has 0 saturated carbocycles. The van der Waals surface area contributed by atoms with Gasteiger partial charge in [-0.15, -0.1) is 0 Å². The molecule has 4 aromatic carbocycles. The van der Waals surface area contributed by atoms with Gasteiger partial charge in [0.15, 0.2) is 5.13 Å². The molecule has 6 rings (SSSR count). The van der Waals surface area contributed by atoms with Crippen LogP contribution in [0.3, 0.4) is 0 Å². The smallest absolute Gasteiger partial charge is 0.301 e. The first kappa shape index (κ1) is 28.2. The predicted octanol–water partition coefficient (Wildman–Crippen LogP) is 8.12. The van der Waals surface area contributed by atoms with Gasteiger partial charge >= 0.3 is 5.91 Å². The van der Waals surface area contributed by atoms with Crippen LogP contribution in [0.15, 0.2) is 96.6 Å². The summed E-state index contributed by atoms with van der Waals surface area (Å²) < 4.78 is 12.7. The van der Waals surface area contributed by atoms with E-state index in [0.717, 1.165) is 27.8 Å². The number of nitrogens with zero attached hydrogens (tertiary/aromatic N) is 2. The van der Waals surface area contributed by atoms with Crippen molar-refractivity contribution in [2.24, 2.45) is 0 Å². The quantitative estimate of drug-likeness (QED) is 0.112. The fraction of sp³-hybridized carbons (Fsp3) is 0.171. The van der Waals surface area contributed by atoms with Crippen LogP contribution in [0.25, 0.3) is 16.0 Å². The first-order chi connectivity index (χ1) is 20.8. The average molecular weight is 591 g/mol. The molecule has 43 heavy (non-hydrogen) atoms. The van der Waals surface area contributed by atoms with Crippen molar-refractivity contribution in [3.05, 3.63) is 119 Å². The van der Waals surface area contributed by atoms with E-state index in [2.05, 4.69) is 0 Å². The van der Waals surface area contributed by atoms with Crippen molar-refractivity contribution >= 4 is 44.1 Å². The van der Waals surface area contributed by atoms with Gasteiger partial charge in [0.1, 0.15) is 23.0 Å². The summed E-state index contributed by atoms with van der Waals surface area (Å²) in [4.78, 5) is 33.7. The number of amides is 1. The zero-order chi connectivity index (χ0) is 30.1. The van der Waals surface area contributed by atoms with Crippen LogP contribution in [-0.4, -0.2) is 28.4 Å². The third-order valence-corrected chi connectivity index (χ3v) is 8.22. The molecule has 1 amide bonds. The first-order valence-corrected chi connectivity index (χ1v) is 14.9. The van der Waals surface area contributed by atoms with E-state index in [-0.39, 0.29) is 11.3 Å². The third kappa shape index (κ3) is 5.49. The van der Waals surface area contributed by atoms with Gasteiger partial charge in [-0.2, -0.15) is 0 Å². The Bertz CT molecular complexity index is 1860. The number of anilines is 1. The van der Waals surface area contributed by atoms with Crippen molar-refractivity contribution in [1.82, 2.24) is 4.98 Å². The third-order valence-electron chi connectivity index (χ3n) is 7.22. The summed E-state index contributed by atoms with van der Waals surface area (Å²) in [6.07, 6.45) is 0.864. The summed E-state index contributed by atoms with van der Waals surface area (Å²) in [7, 11) is 0. The topological polar surface area (TPSA) is 89.0 Å². The van der Waals surface area contributed by atoms with Crippen molar-refractivity contribution in [2.75, 3.05) is 11.5 Å². The zero-order valence-corrected chi connectivity index (χ0v) is 24.9. The molecule has 1 aliphatic heterocycles. The lowest BCUT2D eigenvalue weighted by Crippen LogP contribution is -2.29. The summed E-state index contributed by atoms with van der Waals surface area (Å²) in [6, 6.07) is 26.5. The van der Waals surface area contributed by atoms with Gasteiger partial charge in [-0.05, 0) is 91.6 Å². The molecule has 0 spiro atoms. The fourth-order valence-electron chi connectivity index (χ4n) is 5.26. The summed E-state index contributed by atoms with van der Waals surface area (Å²) in [5, 5.41) is 12.0. The molecular formula is C35H30N2O5S. The Balaban J connectivity index is 1.49. The molecule has 1 saturated heterocycles. The number of thiazole rings is 1. The molecule has 0 bridgehead atoms. The van der Waals surface area contributed by atoms with E-state index in [1.165, 1.54) is 16.2 Å². The minimum Gasteiger partial charge on any atom is -0.507 e. The Morgan fingerprint density at radius 1 is 0.907 bits per heavy atom. The van der Waals surface area contributed by atoms with E-state index in [1.54, 1.807) is 36.4 Å². The SMILES string of the molecule is CCCOc1ccc(/C(O)=C2\C(=O)C(=O)N(c3nc4c(C)cc(C)cc4s3)C2c2cccc(Oc3ccccc3)c2)cc1. The van der Waals surface area contributed by atoms with Gasteiger partial charge in [-0.1, -0.05) is 54.7 Å². The van der Waals surface area contributed by atoms with E-state index in [9.17, 15) is 14.7 Å². The number of carbonyl (C=O) groups excluding carboxylic acids is 2. The van der Waals surface area contributed by atoms with Gasteiger partial charge in [0.05, 0.1) is 28.4 Å². The standard InChI is InChI=1S/C35H30N2O5S/c1-4-17-41-25-15-13-23(14-16-25)32(38)29-31(24-9-8-12-27(20-24)42-26-10-6-5-7-11-26)37(34(40)33(29)39)35-36-30-22(3)18-21(2)19-28(30)43-35/h5-16,18-20,31,38H,4,17H2,1-3H3/b32-29+. The Kier molecular flexibility index (Phi) is 7.69. The van der Waals surface area contributed by atoms with Gasteiger partial charge in [0.2, 0.25) is 0 Å². The van der Waals surface area contributed by atoms with Crippen LogP contribution in [0, 0.1) is 13.8 Å². The highest BCUT2D eigenvalue weighted by atomic mass is 32.1. The maximum Gasteiger partial charge on any atom is 0.301 e. The Labute approximate surface area is 253 Å². The molecule has 1 fully saturated rings. The lowest BCUT2D eigenvalue weighted by atomic mass is 9.95. The second-order valence-electron chi connectivity index (χ2n) is 10.5. The molecule has 1 aromatic heterocycles. The number of ether oxygens (including phenoxy) is 2. The number of hydrogen-bond donors (Lipinski definition) is 1. The number of aliphatic hydroxyl groups excluding tert-OH is 1. The minimum absolute atomic E-state index is 0.0174. The van der Waals surface area contributed by atoms with E-state index in [1.807, 2.05) is 75.4 Å². The number of ketones is 1. The minimum atomic E-state index is -0.933. The second-order valence-corrected chi connectivity index (χ2v) is 11.5. The van der Waals surface area contributed by atoms with Gasteiger partial charge in [-0.3, -0.25) is 14.5 Å². The number of para-hydroxylation sites is 1. The second kappa shape index (κ2) is 11.7. The summed E-state index contributed by atoms with van der Waals surface area (Å²) in [6.45, 7) is 6.57. The number of benzene rings is 4. The van der Waals surface area contributed by atoms with Crippen molar-refractivity contribution in [3.8, 4) is 17.2 Å². The largest absolute Gasteiger partial charge is 0.507 e.